The molecule has 4 heteroatoms. The SMILES string of the molecule is Cc1cc(=O)cc(C(=O)N2C[C@]3(C)C[C@H]2CC(C)(C)C3)[nH]1. The molecule has 1 aromatic heterocycles. The fourth-order valence-corrected chi connectivity index (χ4v) is 4.65. The van der Waals surface area contributed by atoms with Gasteiger partial charge < -0.3 is 9.88 Å². The van der Waals surface area contributed by atoms with Gasteiger partial charge in [-0.1, -0.05) is 20.8 Å². The first-order valence-electron chi connectivity index (χ1n) is 7.70. The Labute approximate surface area is 125 Å². The van der Waals surface area contributed by atoms with Gasteiger partial charge in [0.25, 0.3) is 5.91 Å². The number of hydrogen-bond acceptors (Lipinski definition) is 2. The van der Waals surface area contributed by atoms with E-state index in [0.29, 0.717) is 11.7 Å². The van der Waals surface area contributed by atoms with E-state index in [-0.39, 0.29) is 22.2 Å². The first kappa shape index (κ1) is 14.4. The fourth-order valence-electron chi connectivity index (χ4n) is 4.65. The Morgan fingerprint density at radius 1 is 1.29 bits per heavy atom. The van der Waals surface area contributed by atoms with Gasteiger partial charge in [0.05, 0.1) is 0 Å². The number of aromatic amines is 1. The Morgan fingerprint density at radius 2 is 2.00 bits per heavy atom. The Bertz CT molecular complexity index is 646. The Morgan fingerprint density at radius 3 is 2.67 bits per heavy atom. The van der Waals surface area contributed by atoms with Gasteiger partial charge >= 0.3 is 0 Å². The number of carbonyl (C=O) groups excluding carboxylic acids is 1. The summed E-state index contributed by atoms with van der Waals surface area (Å²) in [5.74, 6) is -0.0257. The lowest BCUT2D eigenvalue weighted by Gasteiger charge is -2.39. The molecule has 0 spiro atoms. The van der Waals surface area contributed by atoms with Crippen LogP contribution in [0.4, 0.5) is 0 Å². The third-order valence-electron chi connectivity index (χ3n) is 4.88. The van der Waals surface area contributed by atoms with Gasteiger partial charge in [-0.3, -0.25) is 9.59 Å². The molecule has 2 atom stereocenters. The van der Waals surface area contributed by atoms with Crippen molar-refractivity contribution < 1.29 is 4.79 Å². The van der Waals surface area contributed by atoms with Gasteiger partial charge in [0.15, 0.2) is 5.43 Å². The van der Waals surface area contributed by atoms with E-state index < -0.39 is 0 Å². The number of amides is 1. The molecule has 1 aliphatic heterocycles. The van der Waals surface area contributed by atoms with E-state index in [1.165, 1.54) is 12.1 Å². The molecule has 1 amide bonds. The van der Waals surface area contributed by atoms with Crippen molar-refractivity contribution in [2.24, 2.45) is 10.8 Å². The molecule has 4 nitrogen and oxygen atoms in total. The highest BCUT2D eigenvalue weighted by Crippen LogP contribution is 2.52. The minimum Gasteiger partial charge on any atom is -0.354 e. The summed E-state index contributed by atoms with van der Waals surface area (Å²) in [6.07, 6.45) is 3.28. The lowest BCUT2D eigenvalue weighted by atomic mass is 9.65. The standard InChI is InChI=1S/C17H24N2O2/c1-11-5-13(20)6-14(18-11)15(21)19-10-17(4)8-12(19)7-16(2,3)9-17/h5-6,12H,7-10H2,1-4H3,(H,18,20)/t12-,17-/m1/s1. The average Bonchev–Trinajstić information content (AvgIpc) is 2.56. The lowest BCUT2D eigenvalue weighted by molar-refractivity contribution is 0.0702. The van der Waals surface area contributed by atoms with Crippen LogP contribution in [0.1, 0.15) is 56.2 Å². The minimum atomic E-state index is -0.108. The van der Waals surface area contributed by atoms with E-state index in [9.17, 15) is 9.59 Å². The molecule has 3 rings (SSSR count). The first-order valence-corrected chi connectivity index (χ1v) is 7.70. The molecule has 0 radical (unpaired) electrons. The molecule has 2 heterocycles. The van der Waals surface area contributed by atoms with Crippen molar-refractivity contribution in [2.45, 2.75) is 53.0 Å². The van der Waals surface area contributed by atoms with Crippen molar-refractivity contribution in [1.29, 1.82) is 0 Å². The number of nitrogens with zero attached hydrogens (tertiary/aromatic N) is 1. The predicted molar refractivity (Wildman–Crippen MR) is 82.4 cm³/mol. The van der Waals surface area contributed by atoms with Crippen LogP contribution in [-0.4, -0.2) is 28.4 Å². The van der Waals surface area contributed by atoms with E-state index in [0.717, 1.165) is 31.5 Å². The molecule has 0 aromatic carbocycles. The van der Waals surface area contributed by atoms with Crippen LogP contribution in [0.2, 0.25) is 0 Å². The zero-order valence-corrected chi connectivity index (χ0v) is 13.3. The summed E-state index contributed by atoms with van der Waals surface area (Å²) in [5, 5.41) is 0. The van der Waals surface area contributed by atoms with E-state index in [1.54, 1.807) is 0 Å². The molecular formula is C17H24N2O2. The molecule has 1 aliphatic carbocycles. The van der Waals surface area contributed by atoms with Gasteiger partial charge in [-0.2, -0.15) is 0 Å². The monoisotopic (exact) mass is 288 g/mol. The minimum absolute atomic E-state index is 0.0257. The molecule has 1 N–H and O–H groups in total. The maximum atomic E-state index is 12.8. The highest BCUT2D eigenvalue weighted by atomic mass is 16.2. The lowest BCUT2D eigenvalue weighted by Crippen LogP contribution is -2.38. The van der Waals surface area contributed by atoms with Gasteiger partial charge in [-0.25, -0.2) is 0 Å². The van der Waals surface area contributed by atoms with Crippen LogP contribution in [0.3, 0.4) is 0 Å². The normalized spacial score (nSPS) is 30.5. The number of likely N-dealkylation sites (tertiary alicyclic amines) is 1. The zero-order chi connectivity index (χ0) is 15.4. The van der Waals surface area contributed by atoms with E-state index in [2.05, 4.69) is 25.8 Å². The highest BCUT2D eigenvalue weighted by Gasteiger charge is 2.51. The maximum Gasteiger partial charge on any atom is 0.270 e. The number of aromatic nitrogens is 1. The van der Waals surface area contributed by atoms with Crippen LogP contribution in [0.15, 0.2) is 16.9 Å². The van der Waals surface area contributed by atoms with Crippen molar-refractivity contribution in [3.63, 3.8) is 0 Å². The Balaban J connectivity index is 1.91. The quantitative estimate of drug-likeness (QED) is 0.864. The summed E-state index contributed by atoms with van der Waals surface area (Å²) in [7, 11) is 0. The van der Waals surface area contributed by atoms with Crippen molar-refractivity contribution in [3.8, 4) is 0 Å². The van der Waals surface area contributed by atoms with Crippen LogP contribution in [0.25, 0.3) is 0 Å². The summed E-state index contributed by atoms with van der Waals surface area (Å²) in [6.45, 7) is 9.48. The number of carbonyl (C=O) groups is 1. The highest BCUT2D eigenvalue weighted by molar-refractivity contribution is 5.92. The van der Waals surface area contributed by atoms with E-state index in [1.807, 2.05) is 11.8 Å². The van der Waals surface area contributed by atoms with Crippen molar-refractivity contribution in [2.75, 3.05) is 6.54 Å². The van der Waals surface area contributed by atoms with Crippen LogP contribution in [0, 0.1) is 17.8 Å². The van der Waals surface area contributed by atoms with Gasteiger partial charge in [-0.15, -0.1) is 0 Å². The first-order chi connectivity index (χ1) is 9.67. The Hall–Kier alpha value is -1.58. The number of nitrogens with one attached hydrogen (secondary N) is 1. The molecule has 2 bridgehead atoms. The summed E-state index contributed by atoms with van der Waals surface area (Å²) < 4.78 is 0. The van der Waals surface area contributed by atoms with Crippen LogP contribution in [0.5, 0.6) is 0 Å². The second-order valence-electron chi connectivity index (χ2n) is 8.06. The van der Waals surface area contributed by atoms with E-state index in [4.69, 9.17) is 0 Å². The topological polar surface area (TPSA) is 53.2 Å². The number of fused-ring (bicyclic) bond motifs is 2. The van der Waals surface area contributed by atoms with Crippen LogP contribution in [-0.2, 0) is 0 Å². The Kier molecular flexibility index (Phi) is 3.05. The van der Waals surface area contributed by atoms with Crippen LogP contribution >= 0.6 is 0 Å². The second kappa shape index (κ2) is 4.46. The fraction of sp³-hybridized carbons (Fsp3) is 0.647. The molecule has 0 unspecified atom stereocenters. The van der Waals surface area contributed by atoms with E-state index >= 15 is 0 Å². The zero-order valence-electron chi connectivity index (χ0n) is 13.3. The molecule has 21 heavy (non-hydrogen) atoms. The van der Waals surface area contributed by atoms with Crippen LogP contribution < -0.4 is 5.43 Å². The molecular weight excluding hydrogens is 264 g/mol. The predicted octanol–water partition coefficient (Wildman–Crippen LogP) is 2.72. The average molecular weight is 288 g/mol. The van der Waals surface area contributed by atoms with Crippen molar-refractivity contribution in [1.82, 2.24) is 9.88 Å². The third kappa shape index (κ3) is 2.63. The van der Waals surface area contributed by atoms with Gasteiger partial charge in [0, 0.05) is 30.4 Å². The number of pyridine rings is 1. The van der Waals surface area contributed by atoms with Gasteiger partial charge in [0.1, 0.15) is 5.69 Å². The van der Waals surface area contributed by atoms with Gasteiger partial charge in [0.2, 0.25) is 0 Å². The summed E-state index contributed by atoms with van der Waals surface area (Å²) >= 11 is 0. The molecule has 2 fully saturated rings. The molecule has 2 aliphatic rings. The summed E-state index contributed by atoms with van der Waals surface area (Å²) in [6, 6.07) is 3.24. The third-order valence-corrected chi connectivity index (χ3v) is 4.88. The smallest absolute Gasteiger partial charge is 0.270 e. The number of rotatable bonds is 1. The molecule has 1 aromatic rings. The largest absolute Gasteiger partial charge is 0.354 e. The second-order valence-corrected chi connectivity index (χ2v) is 8.06. The van der Waals surface area contributed by atoms with Crippen molar-refractivity contribution >= 4 is 5.91 Å². The molecule has 1 saturated carbocycles. The summed E-state index contributed by atoms with van der Waals surface area (Å²) in [4.78, 5) is 29.5. The number of hydrogen-bond donors (Lipinski definition) is 1. The molecule has 1 saturated heterocycles. The summed E-state index contributed by atoms with van der Waals surface area (Å²) in [5.41, 5.74) is 1.55. The van der Waals surface area contributed by atoms with Crippen molar-refractivity contribution in [3.05, 3.63) is 33.7 Å². The number of H-pyrrole nitrogens is 1. The number of aryl methyl sites for hydroxylation is 1. The maximum absolute atomic E-state index is 12.8. The van der Waals surface area contributed by atoms with Gasteiger partial charge in [-0.05, 0) is 37.0 Å². The molecule has 114 valence electrons.